The second kappa shape index (κ2) is 10.0. The number of rotatable bonds is 7. The molecule has 2 heterocycles. The van der Waals surface area contributed by atoms with Gasteiger partial charge in [-0.05, 0) is 33.4 Å². The summed E-state index contributed by atoms with van der Waals surface area (Å²) in [4.78, 5) is 31.7. The third kappa shape index (κ3) is 5.45. The molecule has 1 aliphatic carbocycles. The highest BCUT2D eigenvalue weighted by atomic mass is 16.5. The zero-order valence-electron chi connectivity index (χ0n) is 17.8. The van der Waals surface area contributed by atoms with E-state index in [9.17, 15) is 9.59 Å². The first-order valence-electron chi connectivity index (χ1n) is 11.0. The van der Waals surface area contributed by atoms with Crippen molar-refractivity contribution in [3.05, 3.63) is 0 Å². The van der Waals surface area contributed by atoms with Crippen molar-refractivity contribution in [3.63, 3.8) is 0 Å². The molecule has 160 valence electrons. The standard InChI is InChI=1S/C21H38N4O3/c1-23(2)21(8-4-3-5-9-21)17-22-20(27)18-6-7-19(26)25(16-18)11-10-24-12-14-28-15-13-24/h18H,3-17H2,1-2H3,(H,22,27). The maximum Gasteiger partial charge on any atom is 0.224 e. The number of amides is 2. The number of likely N-dealkylation sites (N-methyl/N-ethyl adjacent to an activating group) is 1. The zero-order chi connectivity index (χ0) is 20.0. The minimum atomic E-state index is -0.0785. The van der Waals surface area contributed by atoms with Crippen molar-refractivity contribution in [3.8, 4) is 0 Å². The molecule has 2 aliphatic heterocycles. The number of nitrogens with one attached hydrogen (secondary N) is 1. The van der Waals surface area contributed by atoms with E-state index in [0.29, 0.717) is 25.9 Å². The Hall–Kier alpha value is -1.18. The van der Waals surface area contributed by atoms with E-state index in [-0.39, 0.29) is 23.3 Å². The molecular formula is C21H38N4O3. The van der Waals surface area contributed by atoms with E-state index in [0.717, 1.165) is 52.2 Å². The van der Waals surface area contributed by atoms with E-state index in [1.165, 1.54) is 19.3 Å². The summed E-state index contributed by atoms with van der Waals surface area (Å²) in [5.74, 6) is 0.232. The molecule has 0 radical (unpaired) electrons. The van der Waals surface area contributed by atoms with Crippen LogP contribution in [-0.4, -0.2) is 98.6 Å². The second-order valence-electron chi connectivity index (χ2n) is 8.93. The van der Waals surface area contributed by atoms with Gasteiger partial charge in [0.1, 0.15) is 0 Å². The van der Waals surface area contributed by atoms with Crippen molar-refractivity contribution in [1.29, 1.82) is 0 Å². The Balaban J connectivity index is 1.48. The minimum Gasteiger partial charge on any atom is -0.379 e. The van der Waals surface area contributed by atoms with Gasteiger partial charge in [0.25, 0.3) is 0 Å². The normalized spacial score (nSPS) is 26.5. The molecule has 28 heavy (non-hydrogen) atoms. The third-order valence-electron chi connectivity index (χ3n) is 6.99. The third-order valence-corrected chi connectivity index (χ3v) is 6.99. The monoisotopic (exact) mass is 394 g/mol. The Kier molecular flexibility index (Phi) is 7.71. The molecule has 3 fully saturated rings. The van der Waals surface area contributed by atoms with Gasteiger partial charge in [-0.25, -0.2) is 0 Å². The first-order chi connectivity index (χ1) is 13.5. The lowest BCUT2D eigenvalue weighted by atomic mass is 9.80. The maximum atomic E-state index is 12.9. The van der Waals surface area contributed by atoms with Gasteiger partial charge in [-0.15, -0.1) is 0 Å². The number of nitrogens with zero attached hydrogens (tertiary/aromatic N) is 3. The van der Waals surface area contributed by atoms with Crippen LogP contribution in [0.2, 0.25) is 0 Å². The molecule has 2 amide bonds. The molecule has 7 heteroatoms. The van der Waals surface area contributed by atoms with E-state index in [1.807, 2.05) is 4.90 Å². The van der Waals surface area contributed by atoms with Gasteiger partial charge >= 0.3 is 0 Å². The predicted octanol–water partition coefficient (Wildman–Crippen LogP) is 0.938. The van der Waals surface area contributed by atoms with Crippen LogP contribution < -0.4 is 5.32 Å². The molecule has 1 N–H and O–H groups in total. The highest BCUT2D eigenvalue weighted by Crippen LogP contribution is 2.31. The van der Waals surface area contributed by atoms with Gasteiger partial charge in [-0.2, -0.15) is 0 Å². The van der Waals surface area contributed by atoms with Crippen molar-refractivity contribution in [2.45, 2.75) is 50.5 Å². The molecular weight excluding hydrogens is 356 g/mol. The van der Waals surface area contributed by atoms with Gasteiger partial charge in [-0.1, -0.05) is 19.3 Å². The van der Waals surface area contributed by atoms with Crippen molar-refractivity contribution in [2.75, 3.05) is 66.6 Å². The highest BCUT2D eigenvalue weighted by Gasteiger charge is 2.36. The van der Waals surface area contributed by atoms with E-state index < -0.39 is 0 Å². The van der Waals surface area contributed by atoms with Crippen LogP contribution in [0.3, 0.4) is 0 Å². The van der Waals surface area contributed by atoms with E-state index in [2.05, 4.69) is 29.2 Å². The first kappa shape index (κ1) is 21.5. The lowest BCUT2D eigenvalue weighted by Gasteiger charge is -2.43. The molecule has 0 spiro atoms. The van der Waals surface area contributed by atoms with Crippen molar-refractivity contribution in [2.24, 2.45) is 5.92 Å². The number of hydrogen-bond donors (Lipinski definition) is 1. The van der Waals surface area contributed by atoms with Crippen molar-refractivity contribution >= 4 is 11.8 Å². The van der Waals surface area contributed by atoms with Gasteiger partial charge in [0.15, 0.2) is 0 Å². The largest absolute Gasteiger partial charge is 0.379 e. The molecule has 1 saturated carbocycles. The molecule has 1 unspecified atom stereocenters. The fraction of sp³-hybridized carbons (Fsp3) is 0.905. The molecule has 3 aliphatic rings. The molecule has 0 bridgehead atoms. The summed E-state index contributed by atoms with van der Waals surface area (Å²) in [5.41, 5.74) is 0.0917. The summed E-state index contributed by atoms with van der Waals surface area (Å²) >= 11 is 0. The van der Waals surface area contributed by atoms with Gasteiger partial charge in [-0.3, -0.25) is 14.5 Å². The van der Waals surface area contributed by atoms with Crippen LogP contribution in [0.25, 0.3) is 0 Å². The van der Waals surface area contributed by atoms with Crippen LogP contribution in [-0.2, 0) is 14.3 Å². The molecule has 0 aromatic rings. The van der Waals surface area contributed by atoms with E-state index >= 15 is 0 Å². The Morgan fingerprint density at radius 1 is 1.18 bits per heavy atom. The Labute approximate surface area is 169 Å². The van der Waals surface area contributed by atoms with E-state index in [1.54, 1.807) is 0 Å². The fourth-order valence-electron chi connectivity index (χ4n) is 4.82. The van der Waals surface area contributed by atoms with Crippen LogP contribution in [0.5, 0.6) is 0 Å². The summed E-state index contributed by atoms with van der Waals surface area (Å²) in [6.45, 7) is 6.26. The van der Waals surface area contributed by atoms with Crippen molar-refractivity contribution < 1.29 is 14.3 Å². The molecule has 1 atom stereocenters. The number of piperidine rings is 1. The fourth-order valence-corrected chi connectivity index (χ4v) is 4.82. The summed E-state index contributed by atoms with van der Waals surface area (Å²) in [6, 6.07) is 0. The number of carbonyl (C=O) groups excluding carboxylic acids is 2. The summed E-state index contributed by atoms with van der Waals surface area (Å²) in [5, 5.41) is 3.24. The smallest absolute Gasteiger partial charge is 0.224 e. The maximum absolute atomic E-state index is 12.9. The number of carbonyl (C=O) groups is 2. The quantitative estimate of drug-likeness (QED) is 0.696. The summed E-state index contributed by atoms with van der Waals surface area (Å²) < 4.78 is 5.38. The van der Waals surface area contributed by atoms with Gasteiger partial charge in [0.05, 0.1) is 19.1 Å². The summed E-state index contributed by atoms with van der Waals surface area (Å²) in [6.07, 6.45) is 7.23. The summed E-state index contributed by atoms with van der Waals surface area (Å²) in [7, 11) is 4.26. The lowest BCUT2D eigenvalue weighted by molar-refractivity contribution is -0.138. The van der Waals surface area contributed by atoms with E-state index in [4.69, 9.17) is 4.74 Å². The van der Waals surface area contributed by atoms with Crippen LogP contribution in [0.1, 0.15) is 44.9 Å². The van der Waals surface area contributed by atoms with Crippen LogP contribution >= 0.6 is 0 Å². The molecule has 3 rings (SSSR count). The average Bonchev–Trinajstić information content (AvgIpc) is 2.72. The molecule has 0 aromatic heterocycles. The number of morpholine rings is 1. The molecule has 2 saturated heterocycles. The van der Waals surface area contributed by atoms with Crippen LogP contribution in [0.15, 0.2) is 0 Å². The van der Waals surface area contributed by atoms with Gasteiger partial charge in [0.2, 0.25) is 11.8 Å². The number of likely N-dealkylation sites (tertiary alicyclic amines) is 1. The number of ether oxygens (including phenoxy) is 1. The van der Waals surface area contributed by atoms with Crippen molar-refractivity contribution in [1.82, 2.24) is 20.0 Å². The van der Waals surface area contributed by atoms with Gasteiger partial charge in [0, 0.05) is 51.2 Å². The predicted molar refractivity (Wildman–Crippen MR) is 109 cm³/mol. The molecule has 7 nitrogen and oxygen atoms in total. The zero-order valence-corrected chi connectivity index (χ0v) is 17.8. The Bertz CT molecular complexity index is 528. The number of hydrogen-bond acceptors (Lipinski definition) is 5. The second-order valence-corrected chi connectivity index (χ2v) is 8.93. The van der Waals surface area contributed by atoms with Gasteiger partial charge < -0.3 is 19.9 Å². The highest BCUT2D eigenvalue weighted by molar-refractivity contribution is 5.83. The van der Waals surface area contributed by atoms with Crippen LogP contribution in [0.4, 0.5) is 0 Å². The minimum absolute atomic E-state index is 0.0785. The SMILES string of the molecule is CN(C)C1(CNC(=O)C2CCC(=O)N(CCN3CCOCC3)C2)CCCCC1. The Morgan fingerprint density at radius 3 is 2.57 bits per heavy atom. The topological polar surface area (TPSA) is 65.1 Å². The average molecular weight is 395 g/mol. The molecule has 0 aromatic carbocycles. The Morgan fingerprint density at radius 2 is 1.89 bits per heavy atom. The van der Waals surface area contributed by atoms with Crippen LogP contribution in [0, 0.1) is 5.92 Å². The lowest BCUT2D eigenvalue weighted by Crippen LogP contribution is -2.55. The first-order valence-corrected chi connectivity index (χ1v) is 11.0.